The van der Waals surface area contributed by atoms with E-state index in [4.69, 9.17) is 9.72 Å². The third-order valence-electron chi connectivity index (χ3n) is 13.2. The number of aromatic amines is 2. The van der Waals surface area contributed by atoms with Crippen molar-refractivity contribution in [2.75, 3.05) is 51.3 Å². The van der Waals surface area contributed by atoms with Crippen LogP contribution in [-0.2, 0) is 14.3 Å². The molecule has 0 bridgehead atoms. The number of rotatable bonds is 11. The Kier molecular flexibility index (Phi) is 12.0. The van der Waals surface area contributed by atoms with Crippen LogP contribution in [-0.4, -0.2) is 98.9 Å². The fraction of sp³-hybridized carbons (Fsp3) is 0.426. The number of likely N-dealkylation sites (tertiary alicyclic amines) is 3. The Bertz CT molecular complexity index is 2340. The van der Waals surface area contributed by atoms with Crippen LogP contribution in [0.15, 0.2) is 85.2 Å². The molecular formula is C47H53F2N9O4. The maximum Gasteiger partial charge on any atom is 0.407 e. The lowest BCUT2D eigenvalue weighted by atomic mass is 9.93. The average molecular weight is 846 g/mol. The smallest absolute Gasteiger partial charge is 0.407 e. The van der Waals surface area contributed by atoms with Crippen molar-refractivity contribution in [3.8, 4) is 11.3 Å². The van der Waals surface area contributed by atoms with Crippen molar-refractivity contribution in [2.45, 2.75) is 81.5 Å². The molecule has 9 rings (SSSR count). The summed E-state index contributed by atoms with van der Waals surface area (Å²) in [6.45, 7) is 3.90. The monoisotopic (exact) mass is 845 g/mol. The molecule has 3 N–H and O–H groups in total. The summed E-state index contributed by atoms with van der Waals surface area (Å²) in [4.78, 5) is 64.4. The van der Waals surface area contributed by atoms with Gasteiger partial charge < -0.3 is 34.7 Å². The van der Waals surface area contributed by atoms with E-state index >= 15 is 8.78 Å². The van der Waals surface area contributed by atoms with E-state index in [1.165, 1.54) is 25.4 Å². The molecule has 4 aliphatic heterocycles. The van der Waals surface area contributed by atoms with Crippen molar-refractivity contribution >= 4 is 23.6 Å². The van der Waals surface area contributed by atoms with E-state index in [2.05, 4.69) is 37.3 Å². The first kappa shape index (κ1) is 41.3. The summed E-state index contributed by atoms with van der Waals surface area (Å²) in [7, 11) is 1.25. The number of methoxy groups -OCH3 is 1. The first-order valence-electron chi connectivity index (χ1n) is 21.9. The van der Waals surface area contributed by atoms with Crippen molar-refractivity contribution < 1.29 is 27.9 Å². The minimum atomic E-state index is -0.963. The largest absolute Gasteiger partial charge is 0.453 e. The molecule has 2 aromatic heterocycles. The summed E-state index contributed by atoms with van der Waals surface area (Å²) in [5.41, 5.74) is 3.32. The fourth-order valence-electron chi connectivity index (χ4n) is 10.0. The van der Waals surface area contributed by atoms with E-state index in [-0.39, 0.29) is 35.5 Å². The number of alkyl carbamates (subject to hydrolysis) is 1. The number of ether oxygens (including phenoxy) is 1. The highest BCUT2D eigenvalue weighted by Crippen LogP contribution is 2.39. The highest BCUT2D eigenvalue weighted by atomic mass is 19.1. The normalized spacial score (nSPS) is 20.7. The van der Waals surface area contributed by atoms with E-state index in [0.29, 0.717) is 68.1 Å². The second-order valence-corrected chi connectivity index (χ2v) is 16.9. The van der Waals surface area contributed by atoms with Gasteiger partial charge in [0.05, 0.1) is 31.1 Å². The van der Waals surface area contributed by atoms with Crippen LogP contribution in [0.3, 0.4) is 0 Å². The molecule has 13 nitrogen and oxygen atoms in total. The van der Waals surface area contributed by atoms with Crippen LogP contribution in [0.4, 0.5) is 19.3 Å². The van der Waals surface area contributed by atoms with Gasteiger partial charge in [-0.25, -0.2) is 23.5 Å². The number of carbonyl (C=O) groups is 3. The van der Waals surface area contributed by atoms with Gasteiger partial charge in [0.15, 0.2) is 0 Å². The average Bonchev–Trinajstić information content (AvgIpc) is 4.16. The highest BCUT2D eigenvalue weighted by molar-refractivity contribution is 5.87. The van der Waals surface area contributed by atoms with E-state index in [1.807, 2.05) is 35.4 Å². The van der Waals surface area contributed by atoms with Crippen LogP contribution in [0, 0.1) is 11.6 Å². The van der Waals surface area contributed by atoms with Crippen LogP contribution in [0.2, 0.25) is 0 Å². The number of carbonyl (C=O) groups excluding carboxylic acids is 3. The number of piperidine rings is 1. The molecule has 6 heterocycles. The molecule has 3 aromatic carbocycles. The maximum absolute atomic E-state index is 15.9. The van der Waals surface area contributed by atoms with Gasteiger partial charge in [-0.05, 0) is 87.7 Å². The molecule has 4 aliphatic rings. The Morgan fingerprint density at radius 3 is 1.92 bits per heavy atom. The summed E-state index contributed by atoms with van der Waals surface area (Å²) < 4.78 is 36.7. The summed E-state index contributed by atoms with van der Waals surface area (Å²) in [6.07, 6.45) is 9.35. The van der Waals surface area contributed by atoms with E-state index in [0.717, 1.165) is 62.3 Å². The number of aromatic nitrogens is 4. The summed E-state index contributed by atoms with van der Waals surface area (Å²) in [5, 5.41) is 2.66. The number of imidazole rings is 2. The Hall–Kier alpha value is -6.09. The second kappa shape index (κ2) is 18.1. The van der Waals surface area contributed by atoms with Gasteiger partial charge in [-0.15, -0.1) is 0 Å². The number of H-pyrrole nitrogens is 2. The van der Waals surface area contributed by atoms with Gasteiger partial charge in [0.25, 0.3) is 5.91 Å². The molecule has 0 aliphatic carbocycles. The Morgan fingerprint density at radius 1 is 0.710 bits per heavy atom. The lowest BCUT2D eigenvalue weighted by molar-refractivity contribution is -0.138. The van der Waals surface area contributed by atoms with E-state index in [1.54, 1.807) is 34.1 Å². The minimum Gasteiger partial charge on any atom is -0.453 e. The lowest BCUT2D eigenvalue weighted by Crippen LogP contribution is -2.42. The predicted molar refractivity (Wildman–Crippen MR) is 229 cm³/mol. The summed E-state index contributed by atoms with van der Waals surface area (Å²) in [5.74, 6) is -0.0714. The number of benzene rings is 3. The number of halogens is 2. The molecule has 0 radical (unpaired) electrons. The van der Waals surface area contributed by atoms with Crippen LogP contribution in [0.25, 0.3) is 11.3 Å². The first-order chi connectivity index (χ1) is 30.3. The van der Waals surface area contributed by atoms with Gasteiger partial charge in [-0.1, -0.05) is 60.7 Å². The topological polar surface area (TPSA) is 143 Å². The summed E-state index contributed by atoms with van der Waals surface area (Å²) in [6, 6.07) is 19.9. The number of hydrogen-bond donors (Lipinski definition) is 3. The Balaban J connectivity index is 0.846. The zero-order valence-corrected chi connectivity index (χ0v) is 34.9. The van der Waals surface area contributed by atoms with Gasteiger partial charge in [0.2, 0.25) is 5.91 Å². The summed E-state index contributed by atoms with van der Waals surface area (Å²) >= 11 is 0. The van der Waals surface area contributed by atoms with E-state index in [9.17, 15) is 14.4 Å². The van der Waals surface area contributed by atoms with Gasteiger partial charge in [0, 0.05) is 49.6 Å². The quantitative estimate of drug-likeness (QED) is 0.123. The van der Waals surface area contributed by atoms with Gasteiger partial charge in [-0.2, -0.15) is 0 Å². The highest BCUT2D eigenvalue weighted by Gasteiger charge is 2.40. The molecule has 4 saturated heterocycles. The van der Waals surface area contributed by atoms with Crippen LogP contribution in [0.1, 0.15) is 110 Å². The zero-order chi connectivity index (χ0) is 42.7. The van der Waals surface area contributed by atoms with Crippen molar-refractivity contribution in [3.05, 3.63) is 125 Å². The molecule has 0 unspecified atom stereocenters. The number of anilines is 1. The lowest BCUT2D eigenvalue weighted by Gasteiger charge is -2.34. The molecule has 4 fully saturated rings. The van der Waals surface area contributed by atoms with Gasteiger partial charge in [-0.3, -0.25) is 14.5 Å². The number of amides is 3. The molecular weight excluding hydrogens is 793 g/mol. The Labute approximate surface area is 359 Å². The standard InChI is InChI=1S/C47H53F2N9O4/c1-62-47(61)54-40(31-12-4-2-5-13-31)45(59)57-22-10-16-38(57)43-51-29-37(53-43)33-26-34(48)42(35(49)27-33)56-24-18-30(19-25-56)36-28-50-44(52-36)39-17-11-23-58(39)46(60)41(55-20-8-9-21-55)32-14-6-3-7-15-32/h2-7,12-15,26-30,38-41H,8-11,16-25H2,1H3,(H,50,52)(H,51,53)(H,54,61)/t38-,39-,40+,41+/m0/s1. The SMILES string of the molecule is COC(=O)N[C@@H](C(=O)N1CCC[C@H]1c1ncc(-c2cc(F)c(N3CCC(c4cnc([C@@H]5CCCN5C(=O)[C@@H](c5ccccc5)N5CCCC5)[nH]4)CC3)c(F)c2)[nH]1)c1ccccc1. The molecule has 3 amide bonds. The second-order valence-electron chi connectivity index (χ2n) is 16.9. The molecule has 15 heteroatoms. The fourth-order valence-corrected chi connectivity index (χ4v) is 10.0. The van der Waals surface area contributed by atoms with Crippen LogP contribution < -0.4 is 10.2 Å². The van der Waals surface area contributed by atoms with Crippen molar-refractivity contribution in [1.82, 2.24) is 40.0 Å². The maximum atomic E-state index is 15.9. The van der Waals surface area contributed by atoms with Crippen LogP contribution >= 0.6 is 0 Å². The minimum absolute atomic E-state index is 0.0547. The Morgan fingerprint density at radius 2 is 1.29 bits per heavy atom. The van der Waals surface area contributed by atoms with Gasteiger partial charge in [0.1, 0.15) is 41.1 Å². The molecule has 62 heavy (non-hydrogen) atoms. The van der Waals surface area contributed by atoms with Crippen molar-refractivity contribution in [2.24, 2.45) is 0 Å². The number of nitrogens with zero attached hydrogens (tertiary/aromatic N) is 6. The molecule has 0 saturated carbocycles. The zero-order valence-electron chi connectivity index (χ0n) is 34.9. The third kappa shape index (κ3) is 8.29. The molecule has 324 valence electrons. The van der Waals surface area contributed by atoms with Gasteiger partial charge >= 0.3 is 6.09 Å². The van der Waals surface area contributed by atoms with E-state index < -0.39 is 29.8 Å². The van der Waals surface area contributed by atoms with Crippen molar-refractivity contribution in [1.29, 1.82) is 0 Å². The first-order valence-corrected chi connectivity index (χ1v) is 21.9. The van der Waals surface area contributed by atoms with Crippen molar-refractivity contribution in [3.63, 3.8) is 0 Å². The third-order valence-corrected chi connectivity index (χ3v) is 13.2. The number of nitrogens with one attached hydrogen (secondary N) is 3. The molecule has 0 spiro atoms. The van der Waals surface area contributed by atoms with Crippen LogP contribution in [0.5, 0.6) is 0 Å². The molecule has 4 atom stereocenters. The predicted octanol–water partition coefficient (Wildman–Crippen LogP) is 7.72. The molecule has 5 aromatic rings. The number of hydrogen-bond acceptors (Lipinski definition) is 8.